The zero-order valence-corrected chi connectivity index (χ0v) is 20.9. The van der Waals surface area contributed by atoms with Crippen LogP contribution in [0.1, 0.15) is 27.7 Å². The Bertz CT molecular complexity index is 1440. The average Bonchev–Trinajstić information content (AvgIpc) is 3.10. The number of para-hydroxylation sites is 2. The van der Waals surface area contributed by atoms with E-state index in [-0.39, 0.29) is 17.9 Å². The van der Waals surface area contributed by atoms with Gasteiger partial charge in [0.15, 0.2) is 0 Å². The molecule has 7 rings (SSSR count). The summed E-state index contributed by atoms with van der Waals surface area (Å²) in [4.78, 5) is 0. The Morgan fingerprint density at radius 3 is 1.69 bits per heavy atom. The van der Waals surface area contributed by atoms with E-state index in [9.17, 15) is 0 Å². The maximum Gasteiger partial charge on any atom is 0.494 e. The maximum atomic E-state index is 6.46. The van der Waals surface area contributed by atoms with E-state index in [1.807, 2.05) is 24.3 Å². The van der Waals surface area contributed by atoms with E-state index < -0.39 is 7.12 Å². The monoisotopic (exact) mass is 472 g/mol. The van der Waals surface area contributed by atoms with Crippen LogP contribution in [0.2, 0.25) is 0 Å². The van der Waals surface area contributed by atoms with Crippen molar-refractivity contribution in [1.82, 2.24) is 0 Å². The lowest BCUT2D eigenvalue weighted by molar-refractivity contribution is 0.00578. The lowest BCUT2D eigenvalue weighted by atomic mass is 9.35. The molecule has 3 aliphatic heterocycles. The molecule has 36 heavy (non-hydrogen) atoms. The molecule has 3 aliphatic rings. The third-order valence-electron chi connectivity index (χ3n) is 8.04. The molecular weight excluding hydrogens is 446 g/mol. The standard InChI is InChI=1S/C30H26B2O4/c1-29(2)30(3,4)36-32(35-29)21-11-9-10-19(16-21)20-17-26-28-27(18-20)34-25-15-8-6-13-23(25)31(28)22-12-5-7-14-24(22)33-26/h5-18H,1-4H3. The van der Waals surface area contributed by atoms with Crippen LogP contribution in [0.5, 0.6) is 23.0 Å². The highest BCUT2D eigenvalue weighted by Gasteiger charge is 2.51. The molecular formula is C30H26B2O4. The van der Waals surface area contributed by atoms with Gasteiger partial charge in [0.1, 0.15) is 23.0 Å². The number of benzene rings is 4. The van der Waals surface area contributed by atoms with Gasteiger partial charge in [-0.3, -0.25) is 0 Å². The molecule has 0 aromatic heterocycles. The molecule has 176 valence electrons. The molecule has 0 radical (unpaired) electrons. The quantitative estimate of drug-likeness (QED) is 0.351. The zero-order chi connectivity index (χ0) is 24.7. The number of hydrogen-bond donors (Lipinski definition) is 0. The first-order chi connectivity index (χ1) is 17.3. The Morgan fingerprint density at radius 1 is 0.556 bits per heavy atom. The second-order valence-corrected chi connectivity index (χ2v) is 10.8. The first-order valence-electron chi connectivity index (χ1n) is 12.5. The third kappa shape index (κ3) is 3.18. The Morgan fingerprint density at radius 2 is 1.11 bits per heavy atom. The Balaban J connectivity index is 1.34. The minimum atomic E-state index is -0.415. The van der Waals surface area contributed by atoms with Gasteiger partial charge in [0, 0.05) is 5.46 Å². The Labute approximate surface area is 212 Å². The normalized spacial score (nSPS) is 18.0. The molecule has 1 saturated heterocycles. The fourth-order valence-corrected chi connectivity index (χ4v) is 5.40. The van der Waals surface area contributed by atoms with Crippen LogP contribution in [-0.4, -0.2) is 25.0 Å². The van der Waals surface area contributed by atoms with E-state index in [2.05, 4.69) is 88.4 Å². The van der Waals surface area contributed by atoms with Crippen molar-refractivity contribution < 1.29 is 18.8 Å². The van der Waals surface area contributed by atoms with Gasteiger partial charge in [0.05, 0.1) is 11.2 Å². The van der Waals surface area contributed by atoms with Gasteiger partial charge in [-0.2, -0.15) is 0 Å². The van der Waals surface area contributed by atoms with E-state index in [1.165, 1.54) is 0 Å². The molecule has 0 unspecified atom stereocenters. The van der Waals surface area contributed by atoms with Crippen LogP contribution in [0.15, 0.2) is 84.9 Å². The van der Waals surface area contributed by atoms with Crippen LogP contribution < -0.4 is 31.3 Å². The van der Waals surface area contributed by atoms with Crippen molar-refractivity contribution in [2.24, 2.45) is 0 Å². The summed E-state index contributed by atoms with van der Waals surface area (Å²) < 4.78 is 25.5. The van der Waals surface area contributed by atoms with Crippen LogP contribution >= 0.6 is 0 Å². The highest BCUT2D eigenvalue weighted by molar-refractivity contribution is 6.98. The van der Waals surface area contributed by atoms with Crippen molar-refractivity contribution in [3.63, 3.8) is 0 Å². The fraction of sp³-hybridized carbons (Fsp3) is 0.200. The van der Waals surface area contributed by atoms with E-state index in [4.69, 9.17) is 18.8 Å². The van der Waals surface area contributed by atoms with Crippen molar-refractivity contribution in [2.45, 2.75) is 38.9 Å². The van der Waals surface area contributed by atoms with E-state index in [0.717, 1.165) is 56.0 Å². The summed E-state index contributed by atoms with van der Waals surface area (Å²) in [6.45, 7) is 8.38. The molecule has 6 heteroatoms. The Kier molecular flexibility index (Phi) is 4.55. The van der Waals surface area contributed by atoms with E-state index in [0.29, 0.717) is 0 Å². The number of fused-ring (bicyclic) bond motifs is 4. The van der Waals surface area contributed by atoms with Crippen LogP contribution in [-0.2, 0) is 9.31 Å². The van der Waals surface area contributed by atoms with Crippen LogP contribution in [0, 0.1) is 0 Å². The van der Waals surface area contributed by atoms with Gasteiger partial charge in [-0.15, -0.1) is 0 Å². The predicted octanol–water partition coefficient (Wildman–Crippen LogP) is 4.38. The molecule has 4 nitrogen and oxygen atoms in total. The van der Waals surface area contributed by atoms with Crippen molar-refractivity contribution in [2.75, 3.05) is 0 Å². The van der Waals surface area contributed by atoms with Crippen LogP contribution in [0.25, 0.3) is 11.1 Å². The van der Waals surface area contributed by atoms with Crippen LogP contribution in [0.3, 0.4) is 0 Å². The zero-order valence-electron chi connectivity index (χ0n) is 20.9. The van der Waals surface area contributed by atoms with Gasteiger partial charge < -0.3 is 18.8 Å². The maximum absolute atomic E-state index is 6.46. The molecule has 1 fully saturated rings. The van der Waals surface area contributed by atoms with Gasteiger partial charge in [0.2, 0.25) is 0 Å². The molecule has 0 atom stereocenters. The lowest BCUT2D eigenvalue weighted by Crippen LogP contribution is -2.57. The topological polar surface area (TPSA) is 36.9 Å². The minimum Gasteiger partial charge on any atom is -0.458 e. The second-order valence-electron chi connectivity index (χ2n) is 10.8. The SMILES string of the molecule is CC1(C)OB(c2cccc(-c3cc4c5c(c3)Oc3ccccc3B5c3ccccc3O4)c2)OC1(C)C. The molecule has 0 aliphatic carbocycles. The molecule has 0 amide bonds. The largest absolute Gasteiger partial charge is 0.494 e. The second kappa shape index (κ2) is 7.52. The van der Waals surface area contributed by atoms with Crippen molar-refractivity contribution >= 4 is 35.7 Å². The lowest BCUT2D eigenvalue weighted by Gasteiger charge is -2.33. The van der Waals surface area contributed by atoms with Gasteiger partial charge in [-0.25, -0.2) is 0 Å². The smallest absolute Gasteiger partial charge is 0.458 e. The highest BCUT2D eigenvalue weighted by atomic mass is 16.7. The summed E-state index contributed by atoms with van der Waals surface area (Å²) in [6.07, 6.45) is 0. The third-order valence-corrected chi connectivity index (χ3v) is 8.04. The minimum absolute atomic E-state index is 0.0787. The first-order valence-corrected chi connectivity index (χ1v) is 12.5. The van der Waals surface area contributed by atoms with Crippen LogP contribution in [0.4, 0.5) is 0 Å². The molecule has 0 saturated carbocycles. The summed E-state index contributed by atoms with van der Waals surface area (Å²) >= 11 is 0. The molecule has 4 aromatic rings. The summed E-state index contributed by atoms with van der Waals surface area (Å²) in [5.41, 5.74) is 5.71. The Hall–Kier alpha value is -3.47. The number of rotatable bonds is 2. The summed E-state index contributed by atoms with van der Waals surface area (Å²) in [6, 6.07) is 29.2. The predicted molar refractivity (Wildman–Crippen MR) is 145 cm³/mol. The number of hydrogen-bond acceptors (Lipinski definition) is 4. The average molecular weight is 472 g/mol. The molecule has 0 spiro atoms. The first kappa shape index (κ1) is 21.8. The molecule has 0 bridgehead atoms. The highest BCUT2D eigenvalue weighted by Crippen LogP contribution is 2.39. The van der Waals surface area contributed by atoms with E-state index in [1.54, 1.807) is 0 Å². The van der Waals surface area contributed by atoms with Gasteiger partial charge >= 0.3 is 7.12 Å². The van der Waals surface area contributed by atoms with Crippen molar-refractivity contribution in [3.8, 4) is 34.1 Å². The number of ether oxygens (including phenoxy) is 2. The van der Waals surface area contributed by atoms with Gasteiger partial charge in [-0.1, -0.05) is 60.7 Å². The summed E-state index contributed by atoms with van der Waals surface area (Å²) in [7, 11) is -0.415. The van der Waals surface area contributed by atoms with Crippen molar-refractivity contribution in [1.29, 1.82) is 0 Å². The summed E-state index contributed by atoms with van der Waals surface area (Å²) in [5, 5.41) is 0. The van der Waals surface area contributed by atoms with Crippen molar-refractivity contribution in [3.05, 3.63) is 84.9 Å². The molecule has 0 N–H and O–H groups in total. The molecule has 4 aromatic carbocycles. The van der Waals surface area contributed by atoms with E-state index >= 15 is 0 Å². The van der Waals surface area contributed by atoms with Gasteiger partial charge in [0.25, 0.3) is 6.71 Å². The molecule has 3 heterocycles. The summed E-state index contributed by atoms with van der Waals surface area (Å²) in [5.74, 6) is 3.45. The van der Waals surface area contributed by atoms with Gasteiger partial charge in [-0.05, 0) is 79.5 Å². The fourth-order valence-electron chi connectivity index (χ4n) is 5.40.